The molecule has 1 aromatic carbocycles. The third kappa shape index (κ3) is 3.62. The number of rotatable bonds is 5. The van der Waals surface area contributed by atoms with E-state index in [1.165, 1.54) is 12.5 Å². The molecule has 0 fully saturated rings. The van der Waals surface area contributed by atoms with E-state index >= 15 is 0 Å². The maximum absolute atomic E-state index is 11.3. The highest BCUT2D eigenvalue weighted by Crippen LogP contribution is 2.38. The summed E-state index contributed by atoms with van der Waals surface area (Å²) in [5.74, 6) is 0.431. The second-order valence-electron chi connectivity index (χ2n) is 6.78. The number of carbonyl (C=O) groups is 1. The largest absolute Gasteiger partial charge is 0.426 e. The van der Waals surface area contributed by atoms with Gasteiger partial charge in [-0.25, -0.2) is 0 Å². The SMILES string of the molecule is CCC(C)(C)c1ccc(OC(C)=O)c(C(C)(C)CC)c1. The van der Waals surface area contributed by atoms with Crippen molar-refractivity contribution in [1.29, 1.82) is 0 Å². The zero-order valence-corrected chi connectivity index (χ0v) is 14.0. The molecule has 0 heterocycles. The van der Waals surface area contributed by atoms with Crippen molar-refractivity contribution < 1.29 is 9.53 Å². The van der Waals surface area contributed by atoms with Crippen molar-refractivity contribution in [2.75, 3.05) is 0 Å². The molecule has 20 heavy (non-hydrogen) atoms. The summed E-state index contributed by atoms with van der Waals surface area (Å²) in [6.45, 7) is 14.7. The van der Waals surface area contributed by atoms with Gasteiger partial charge >= 0.3 is 5.97 Å². The minimum absolute atomic E-state index is 0.00931. The van der Waals surface area contributed by atoms with E-state index in [9.17, 15) is 4.79 Å². The number of esters is 1. The molecule has 0 atom stereocenters. The number of hydrogen-bond donors (Lipinski definition) is 0. The number of hydrogen-bond acceptors (Lipinski definition) is 2. The monoisotopic (exact) mass is 276 g/mol. The van der Waals surface area contributed by atoms with Gasteiger partial charge in [0.1, 0.15) is 5.75 Å². The van der Waals surface area contributed by atoms with Crippen LogP contribution in [0.1, 0.15) is 72.4 Å². The normalized spacial score (nSPS) is 12.3. The van der Waals surface area contributed by atoms with Gasteiger partial charge in [-0.2, -0.15) is 0 Å². The molecular weight excluding hydrogens is 248 g/mol. The van der Waals surface area contributed by atoms with Crippen LogP contribution in [0.25, 0.3) is 0 Å². The van der Waals surface area contributed by atoms with Crippen molar-refractivity contribution in [3.63, 3.8) is 0 Å². The van der Waals surface area contributed by atoms with Crippen molar-refractivity contribution in [3.8, 4) is 5.75 Å². The smallest absolute Gasteiger partial charge is 0.308 e. The van der Waals surface area contributed by atoms with Crippen molar-refractivity contribution in [2.24, 2.45) is 0 Å². The Morgan fingerprint density at radius 1 is 1.05 bits per heavy atom. The molecule has 0 spiro atoms. The molecule has 0 saturated heterocycles. The summed E-state index contributed by atoms with van der Waals surface area (Å²) in [4.78, 5) is 11.3. The predicted octanol–water partition coefficient (Wildman–Crippen LogP) is 4.99. The first-order chi connectivity index (χ1) is 9.14. The highest BCUT2D eigenvalue weighted by molar-refractivity contribution is 5.70. The first-order valence-electron chi connectivity index (χ1n) is 7.47. The molecule has 0 bridgehead atoms. The summed E-state index contributed by atoms with van der Waals surface area (Å²) in [5, 5.41) is 0. The lowest BCUT2D eigenvalue weighted by molar-refractivity contribution is -0.131. The fraction of sp³-hybridized carbons (Fsp3) is 0.611. The minimum Gasteiger partial charge on any atom is -0.426 e. The third-order valence-electron chi connectivity index (χ3n) is 4.51. The van der Waals surface area contributed by atoms with Crippen molar-refractivity contribution in [1.82, 2.24) is 0 Å². The molecule has 2 nitrogen and oxygen atoms in total. The van der Waals surface area contributed by atoms with E-state index in [4.69, 9.17) is 4.74 Å². The molecule has 0 aliphatic carbocycles. The Morgan fingerprint density at radius 3 is 2.05 bits per heavy atom. The molecule has 0 aliphatic rings. The van der Waals surface area contributed by atoms with Crippen molar-refractivity contribution >= 4 is 5.97 Å². The molecule has 1 aromatic rings. The van der Waals surface area contributed by atoms with Crippen LogP contribution in [0.4, 0.5) is 0 Å². The Bertz CT molecular complexity index is 484. The summed E-state index contributed by atoms with van der Waals surface area (Å²) >= 11 is 0. The average molecular weight is 276 g/mol. The van der Waals surface area contributed by atoms with Gasteiger partial charge in [0.25, 0.3) is 0 Å². The molecule has 0 N–H and O–H groups in total. The second-order valence-corrected chi connectivity index (χ2v) is 6.78. The highest BCUT2D eigenvalue weighted by Gasteiger charge is 2.26. The van der Waals surface area contributed by atoms with E-state index in [1.54, 1.807) is 0 Å². The second kappa shape index (κ2) is 5.99. The molecule has 1 rings (SSSR count). The molecule has 2 heteroatoms. The van der Waals surface area contributed by atoms with Crippen LogP contribution in [0.5, 0.6) is 5.75 Å². The molecule has 112 valence electrons. The Labute approximate surface area is 123 Å². The van der Waals surface area contributed by atoms with E-state index in [0.717, 1.165) is 18.4 Å². The Balaban J connectivity index is 3.40. The molecule has 0 radical (unpaired) electrons. The maximum atomic E-state index is 11.3. The summed E-state index contributed by atoms with van der Waals surface area (Å²) < 4.78 is 5.40. The summed E-state index contributed by atoms with van der Waals surface area (Å²) in [6.07, 6.45) is 2.07. The Kier molecular flexibility index (Phi) is 5.01. The molecular formula is C18H28O2. The Hall–Kier alpha value is -1.31. The van der Waals surface area contributed by atoms with Gasteiger partial charge in [-0.3, -0.25) is 4.79 Å². The van der Waals surface area contributed by atoms with E-state index in [0.29, 0.717) is 5.75 Å². The van der Waals surface area contributed by atoms with Crippen LogP contribution in [-0.2, 0) is 15.6 Å². The van der Waals surface area contributed by atoms with Gasteiger partial charge in [-0.05, 0) is 35.3 Å². The van der Waals surface area contributed by atoms with Crippen LogP contribution in [0.2, 0.25) is 0 Å². The van der Waals surface area contributed by atoms with Crippen LogP contribution in [0.3, 0.4) is 0 Å². The fourth-order valence-corrected chi connectivity index (χ4v) is 2.12. The van der Waals surface area contributed by atoms with Gasteiger partial charge in [-0.1, -0.05) is 53.7 Å². The van der Waals surface area contributed by atoms with Crippen LogP contribution >= 0.6 is 0 Å². The molecule has 0 unspecified atom stereocenters. The van der Waals surface area contributed by atoms with Crippen LogP contribution < -0.4 is 4.74 Å². The molecule has 0 aromatic heterocycles. The maximum Gasteiger partial charge on any atom is 0.308 e. The number of ether oxygens (including phenoxy) is 1. The molecule has 0 saturated carbocycles. The fourth-order valence-electron chi connectivity index (χ4n) is 2.12. The van der Waals surface area contributed by atoms with E-state index in [2.05, 4.69) is 53.7 Å². The van der Waals surface area contributed by atoms with E-state index < -0.39 is 0 Å². The topological polar surface area (TPSA) is 26.3 Å². The van der Waals surface area contributed by atoms with Crippen LogP contribution in [0.15, 0.2) is 18.2 Å². The van der Waals surface area contributed by atoms with Gasteiger partial charge in [0.2, 0.25) is 0 Å². The van der Waals surface area contributed by atoms with E-state index in [-0.39, 0.29) is 16.8 Å². The number of benzene rings is 1. The van der Waals surface area contributed by atoms with Crippen LogP contribution in [0, 0.1) is 0 Å². The Morgan fingerprint density at radius 2 is 1.60 bits per heavy atom. The zero-order chi connectivity index (χ0) is 15.6. The van der Waals surface area contributed by atoms with Gasteiger partial charge in [-0.15, -0.1) is 0 Å². The lowest BCUT2D eigenvalue weighted by atomic mass is 9.76. The standard InChI is InChI=1S/C18H28O2/c1-8-17(4,5)14-10-11-16(20-13(3)19)15(12-14)18(6,7)9-2/h10-12H,8-9H2,1-7H3. The van der Waals surface area contributed by atoms with Gasteiger partial charge in [0.15, 0.2) is 0 Å². The highest BCUT2D eigenvalue weighted by atomic mass is 16.5. The lowest BCUT2D eigenvalue weighted by Crippen LogP contribution is -2.21. The van der Waals surface area contributed by atoms with Crippen LogP contribution in [-0.4, -0.2) is 5.97 Å². The lowest BCUT2D eigenvalue weighted by Gasteiger charge is -2.30. The van der Waals surface area contributed by atoms with Gasteiger partial charge in [0, 0.05) is 12.5 Å². The summed E-state index contributed by atoms with van der Waals surface area (Å²) in [5.41, 5.74) is 2.54. The average Bonchev–Trinajstić information content (AvgIpc) is 2.38. The molecule has 0 amide bonds. The van der Waals surface area contributed by atoms with Crippen molar-refractivity contribution in [3.05, 3.63) is 29.3 Å². The predicted molar refractivity (Wildman–Crippen MR) is 84.4 cm³/mol. The quantitative estimate of drug-likeness (QED) is 0.559. The third-order valence-corrected chi connectivity index (χ3v) is 4.51. The first-order valence-corrected chi connectivity index (χ1v) is 7.47. The zero-order valence-electron chi connectivity index (χ0n) is 14.0. The van der Waals surface area contributed by atoms with Gasteiger partial charge in [0.05, 0.1) is 0 Å². The molecule has 0 aliphatic heterocycles. The van der Waals surface area contributed by atoms with Gasteiger partial charge < -0.3 is 4.74 Å². The van der Waals surface area contributed by atoms with E-state index in [1.807, 2.05) is 6.07 Å². The minimum atomic E-state index is -0.263. The van der Waals surface area contributed by atoms with Crippen molar-refractivity contribution in [2.45, 2.75) is 72.1 Å². The summed E-state index contributed by atoms with van der Waals surface area (Å²) in [6, 6.07) is 6.24. The summed E-state index contributed by atoms with van der Waals surface area (Å²) in [7, 11) is 0. The number of carbonyl (C=O) groups excluding carboxylic acids is 1. The first kappa shape index (κ1) is 16.7.